The van der Waals surface area contributed by atoms with Crippen LogP contribution < -0.4 is 4.74 Å². The average Bonchev–Trinajstić information content (AvgIpc) is 2.27. The van der Waals surface area contributed by atoms with E-state index in [0.717, 1.165) is 5.56 Å². The van der Waals surface area contributed by atoms with Crippen molar-refractivity contribution < 1.29 is 19.1 Å². The van der Waals surface area contributed by atoms with Crippen molar-refractivity contribution in [3.8, 4) is 5.75 Å². The Kier molecular flexibility index (Phi) is 4.27. The van der Waals surface area contributed by atoms with Gasteiger partial charge in [-0.25, -0.2) is 4.79 Å². The topological polar surface area (TPSA) is 52.6 Å². The van der Waals surface area contributed by atoms with Crippen molar-refractivity contribution in [3.05, 3.63) is 36.4 Å². The smallest absolute Gasteiger partial charge is 0.349 e. The summed E-state index contributed by atoms with van der Waals surface area (Å²) in [5.41, 5.74) is 0.930. The fourth-order valence-corrected chi connectivity index (χ4v) is 0.993. The molecule has 0 bridgehead atoms. The SMILES string of the molecule is C=Cc1ccc(OC(=O)COC(C)=O)cc1. The lowest BCUT2D eigenvalue weighted by atomic mass is 10.2. The maximum absolute atomic E-state index is 11.2. The predicted molar refractivity (Wildman–Crippen MR) is 58.8 cm³/mol. The lowest BCUT2D eigenvalue weighted by molar-refractivity contribution is -0.152. The van der Waals surface area contributed by atoms with E-state index in [4.69, 9.17) is 4.74 Å². The van der Waals surface area contributed by atoms with Crippen molar-refractivity contribution >= 4 is 18.0 Å². The summed E-state index contributed by atoms with van der Waals surface area (Å²) < 4.78 is 9.40. The minimum atomic E-state index is -0.610. The average molecular weight is 220 g/mol. The molecule has 84 valence electrons. The second-order valence-corrected chi connectivity index (χ2v) is 3.03. The second kappa shape index (κ2) is 5.70. The van der Waals surface area contributed by atoms with Gasteiger partial charge in [0.15, 0.2) is 6.61 Å². The van der Waals surface area contributed by atoms with E-state index >= 15 is 0 Å². The van der Waals surface area contributed by atoms with E-state index in [9.17, 15) is 9.59 Å². The fourth-order valence-electron chi connectivity index (χ4n) is 0.993. The van der Waals surface area contributed by atoms with E-state index in [1.165, 1.54) is 6.92 Å². The zero-order chi connectivity index (χ0) is 12.0. The van der Waals surface area contributed by atoms with Crippen LogP contribution in [-0.4, -0.2) is 18.5 Å². The molecule has 0 unspecified atom stereocenters. The van der Waals surface area contributed by atoms with Crippen LogP contribution in [0.15, 0.2) is 30.8 Å². The summed E-state index contributed by atoms with van der Waals surface area (Å²) in [4.78, 5) is 21.6. The normalized spacial score (nSPS) is 9.31. The van der Waals surface area contributed by atoms with Gasteiger partial charge in [0, 0.05) is 6.92 Å². The highest BCUT2D eigenvalue weighted by molar-refractivity contribution is 5.77. The molecule has 0 fully saturated rings. The van der Waals surface area contributed by atoms with Crippen LogP contribution in [-0.2, 0) is 14.3 Å². The van der Waals surface area contributed by atoms with Crippen molar-refractivity contribution in [1.29, 1.82) is 0 Å². The van der Waals surface area contributed by atoms with Crippen LogP contribution in [0.25, 0.3) is 6.08 Å². The summed E-state index contributed by atoms with van der Waals surface area (Å²) in [5, 5.41) is 0. The number of esters is 2. The summed E-state index contributed by atoms with van der Waals surface area (Å²) in [6, 6.07) is 6.81. The van der Waals surface area contributed by atoms with Crippen LogP contribution in [0.3, 0.4) is 0 Å². The standard InChI is InChI=1S/C12H12O4/c1-3-10-4-6-11(7-5-10)16-12(14)8-15-9(2)13/h3-7H,1,8H2,2H3. The Morgan fingerprint density at radius 1 is 1.31 bits per heavy atom. The second-order valence-electron chi connectivity index (χ2n) is 3.03. The Labute approximate surface area is 93.5 Å². The first kappa shape index (κ1) is 12.0. The maximum Gasteiger partial charge on any atom is 0.349 e. The van der Waals surface area contributed by atoms with E-state index in [0.29, 0.717) is 5.75 Å². The highest BCUT2D eigenvalue weighted by atomic mass is 16.6. The van der Waals surface area contributed by atoms with Crippen LogP contribution >= 0.6 is 0 Å². The molecule has 0 heterocycles. The van der Waals surface area contributed by atoms with Crippen molar-refractivity contribution in [2.45, 2.75) is 6.92 Å². The predicted octanol–water partition coefficient (Wildman–Crippen LogP) is 1.80. The highest BCUT2D eigenvalue weighted by Crippen LogP contribution is 2.12. The van der Waals surface area contributed by atoms with Gasteiger partial charge in [-0.05, 0) is 17.7 Å². The number of hydrogen-bond acceptors (Lipinski definition) is 4. The van der Waals surface area contributed by atoms with Crippen molar-refractivity contribution in [3.63, 3.8) is 0 Å². The molecule has 1 aromatic carbocycles. The van der Waals surface area contributed by atoms with Gasteiger partial charge in [-0.15, -0.1) is 0 Å². The number of benzene rings is 1. The Bertz CT molecular complexity index is 392. The molecule has 1 aromatic rings. The van der Waals surface area contributed by atoms with Crippen molar-refractivity contribution in [2.75, 3.05) is 6.61 Å². The Morgan fingerprint density at radius 3 is 2.44 bits per heavy atom. The van der Waals surface area contributed by atoms with E-state index in [2.05, 4.69) is 11.3 Å². The number of rotatable bonds is 4. The largest absolute Gasteiger partial charge is 0.454 e. The molecule has 0 amide bonds. The lowest BCUT2D eigenvalue weighted by Gasteiger charge is -2.04. The summed E-state index contributed by atoms with van der Waals surface area (Å²) in [6.07, 6.45) is 1.68. The van der Waals surface area contributed by atoms with Gasteiger partial charge in [-0.2, -0.15) is 0 Å². The van der Waals surface area contributed by atoms with Crippen LogP contribution in [0.1, 0.15) is 12.5 Å². The van der Waals surface area contributed by atoms with Gasteiger partial charge in [0.2, 0.25) is 0 Å². The third-order valence-electron chi connectivity index (χ3n) is 1.74. The van der Waals surface area contributed by atoms with Crippen molar-refractivity contribution in [2.24, 2.45) is 0 Å². The van der Waals surface area contributed by atoms with Gasteiger partial charge in [0.1, 0.15) is 5.75 Å². The minimum Gasteiger partial charge on any atom is -0.454 e. The Morgan fingerprint density at radius 2 is 1.94 bits per heavy atom. The summed E-state index contributed by atoms with van der Waals surface area (Å²) in [5.74, 6) is -0.719. The molecule has 16 heavy (non-hydrogen) atoms. The van der Waals surface area contributed by atoms with E-state index in [1.807, 2.05) is 0 Å². The first-order valence-electron chi connectivity index (χ1n) is 4.68. The molecule has 0 radical (unpaired) electrons. The van der Waals surface area contributed by atoms with Gasteiger partial charge in [0.05, 0.1) is 0 Å². The minimum absolute atomic E-state index is 0.376. The molecular formula is C12H12O4. The lowest BCUT2D eigenvalue weighted by Crippen LogP contribution is -2.17. The molecule has 0 aliphatic heterocycles. The quantitative estimate of drug-likeness (QED) is 0.573. The molecule has 0 aliphatic carbocycles. The first-order valence-corrected chi connectivity index (χ1v) is 4.68. The Hall–Kier alpha value is -2.10. The number of carbonyl (C=O) groups is 2. The van der Waals surface area contributed by atoms with Gasteiger partial charge in [-0.1, -0.05) is 24.8 Å². The van der Waals surface area contributed by atoms with Crippen LogP contribution in [0.2, 0.25) is 0 Å². The number of carbonyl (C=O) groups excluding carboxylic acids is 2. The first-order chi connectivity index (χ1) is 7.61. The van der Waals surface area contributed by atoms with Gasteiger partial charge in [0.25, 0.3) is 0 Å². The molecule has 1 rings (SSSR count). The van der Waals surface area contributed by atoms with Crippen LogP contribution in [0, 0.1) is 0 Å². The third-order valence-corrected chi connectivity index (χ3v) is 1.74. The summed E-state index contributed by atoms with van der Waals surface area (Å²) >= 11 is 0. The summed E-state index contributed by atoms with van der Waals surface area (Å²) in [6.45, 7) is 4.46. The highest BCUT2D eigenvalue weighted by Gasteiger charge is 2.06. The van der Waals surface area contributed by atoms with E-state index in [-0.39, 0.29) is 6.61 Å². The number of hydrogen-bond donors (Lipinski definition) is 0. The molecule has 0 atom stereocenters. The maximum atomic E-state index is 11.2. The molecule has 0 saturated heterocycles. The van der Waals surface area contributed by atoms with E-state index < -0.39 is 11.9 Å². The monoisotopic (exact) mass is 220 g/mol. The van der Waals surface area contributed by atoms with Crippen LogP contribution in [0.4, 0.5) is 0 Å². The molecule has 4 nitrogen and oxygen atoms in total. The third kappa shape index (κ3) is 3.96. The van der Waals surface area contributed by atoms with Gasteiger partial charge in [-0.3, -0.25) is 4.79 Å². The van der Waals surface area contributed by atoms with E-state index in [1.54, 1.807) is 30.3 Å². The molecule has 4 heteroatoms. The fraction of sp³-hybridized carbons (Fsp3) is 0.167. The zero-order valence-electron chi connectivity index (χ0n) is 8.93. The van der Waals surface area contributed by atoms with Gasteiger partial charge < -0.3 is 9.47 Å². The molecule has 0 aromatic heterocycles. The van der Waals surface area contributed by atoms with Crippen molar-refractivity contribution in [1.82, 2.24) is 0 Å². The number of ether oxygens (including phenoxy) is 2. The molecule has 0 spiro atoms. The summed E-state index contributed by atoms with van der Waals surface area (Å²) in [7, 11) is 0. The molecule has 0 N–H and O–H groups in total. The molecule has 0 saturated carbocycles. The zero-order valence-corrected chi connectivity index (χ0v) is 8.93. The van der Waals surface area contributed by atoms with Gasteiger partial charge >= 0.3 is 11.9 Å². The van der Waals surface area contributed by atoms with Crippen LogP contribution in [0.5, 0.6) is 5.75 Å². The molecule has 0 aliphatic rings. The molecular weight excluding hydrogens is 208 g/mol. The Balaban J connectivity index is 2.49.